The van der Waals surface area contributed by atoms with Crippen LogP contribution in [0.2, 0.25) is 0 Å². The van der Waals surface area contributed by atoms with Gasteiger partial charge < -0.3 is 9.68 Å². The van der Waals surface area contributed by atoms with E-state index in [4.69, 9.17) is 9.68 Å². The second-order valence-electron chi connectivity index (χ2n) is 8.77. The van der Waals surface area contributed by atoms with Crippen molar-refractivity contribution in [2.75, 3.05) is 11.5 Å². The minimum atomic E-state index is -0.527. The molecule has 10 nitrogen and oxygen atoms in total. The Balaban J connectivity index is 1.29. The summed E-state index contributed by atoms with van der Waals surface area (Å²) in [5.41, 5.74) is 0. The van der Waals surface area contributed by atoms with Crippen LogP contribution in [0, 0.1) is 0 Å². The third-order valence-electron chi connectivity index (χ3n) is 5.70. The number of unbranched alkanes of at least 4 members (excludes halogenated alkanes) is 8. The van der Waals surface area contributed by atoms with Crippen LogP contribution in [0.1, 0.15) is 103 Å². The van der Waals surface area contributed by atoms with Crippen LogP contribution in [0.15, 0.2) is 0 Å². The molecule has 12 heteroatoms. The SMILES string of the molecule is O=C(CCCCCCCSSCCCCCCCC(=O)ON1C(=O)CCC1=O)ON1C(=O)CCC1=O. The second-order valence-corrected chi connectivity index (χ2v) is 11.5. The van der Waals surface area contributed by atoms with Gasteiger partial charge in [-0.2, -0.15) is 0 Å². The zero-order valence-corrected chi connectivity index (χ0v) is 22.3. The molecule has 2 aliphatic heterocycles. The topological polar surface area (TPSA) is 127 Å². The van der Waals surface area contributed by atoms with E-state index in [9.17, 15) is 28.8 Å². The predicted molar refractivity (Wildman–Crippen MR) is 135 cm³/mol. The molecular formula is C24H36N2O8S2. The summed E-state index contributed by atoms with van der Waals surface area (Å²) in [6.45, 7) is 0. The Labute approximate surface area is 219 Å². The van der Waals surface area contributed by atoms with Crippen molar-refractivity contribution < 1.29 is 38.4 Å². The van der Waals surface area contributed by atoms with Crippen LogP contribution in [0.5, 0.6) is 0 Å². The summed E-state index contributed by atoms with van der Waals surface area (Å²) in [7, 11) is 3.76. The second kappa shape index (κ2) is 17.4. The number of imide groups is 2. The third kappa shape index (κ3) is 11.8. The van der Waals surface area contributed by atoms with E-state index in [0.29, 0.717) is 23.0 Å². The number of rotatable bonds is 19. The molecule has 36 heavy (non-hydrogen) atoms. The highest BCUT2D eigenvalue weighted by Gasteiger charge is 2.33. The van der Waals surface area contributed by atoms with E-state index in [-0.39, 0.29) is 38.5 Å². The van der Waals surface area contributed by atoms with Crippen molar-refractivity contribution in [2.45, 2.75) is 103 Å². The molecule has 2 fully saturated rings. The van der Waals surface area contributed by atoms with E-state index in [1.54, 1.807) is 0 Å². The number of hydrogen-bond donors (Lipinski definition) is 0. The third-order valence-corrected chi connectivity index (χ3v) is 8.28. The molecule has 0 atom stereocenters. The van der Waals surface area contributed by atoms with Gasteiger partial charge in [0.05, 0.1) is 0 Å². The Bertz CT molecular complexity index is 696. The summed E-state index contributed by atoms with van der Waals surface area (Å²) in [6.07, 6.45) is 10.6. The zero-order chi connectivity index (χ0) is 26.2. The van der Waals surface area contributed by atoms with Crippen molar-refractivity contribution in [3.63, 3.8) is 0 Å². The van der Waals surface area contributed by atoms with Gasteiger partial charge in [-0.1, -0.05) is 60.1 Å². The summed E-state index contributed by atoms with van der Waals surface area (Å²) in [6, 6.07) is 0. The molecule has 2 heterocycles. The van der Waals surface area contributed by atoms with Gasteiger partial charge in [-0.25, -0.2) is 9.59 Å². The molecule has 0 N–H and O–H groups in total. The molecule has 202 valence electrons. The number of carbonyl (C=O) groups is 6. The molecule has 2 saturated heterocycles. The van der Waals surface area contributed by atoms with Gasteiger partial charge in [0.2, 0.25) is 0 Å². The average molecular weight is 545 g/mol. The summed E-state index contributed by atoms with van der Waals surface area (Å²) in [5, 5.41) is 1.20. The fraction of sp³-hybridized carbons (Fsp3) is 0.750. The Hall–Kier alpha value is -2.08. The minimum Gasteiger partial charge on any atom is -0.330 e. The summed E-state index contributed by atoms with van der Waals surface area (Å²) in [4.78, 5) is 78.7. The number of hydrogen-bond acceptors (Lipinski definition) is 10. The molecular weight excluding hydrogens is 508 g/mol. The van der Waals surface area contributed by atoms with E-state index in [1.165, 1.54) is 0 Å². The lowest BCUT2D eigenvalue weighted by Crippen LogP contribution is -2.31. The molecule has 0 radical (unpaired) electrons. The molecule has 2 rings (SSSR count). The lowest BCUT2D eigenvalue weighted by molar-refractivity contribution is -0.197. The maximum atomic E-state index is 11.7. The first-order valence-electron chi connectivity index (χ1n) is 12.8. The van der Waals surface area contributed by atoms with E-state index in [0.717, 1.165) is 62.9 Å². The van der Waals surface area contributed by atoms with Crippen LogP contribution in [-0.2, 0) is 38.4 Å². The molecule has 0 aromatic heterocycles. The van der Waals surface area contributed by atoms with Crippen molar-refractivity contribution in [3.05, 3.63) is 0 Å². The molecule has 0 saturated carbocycles. The van der Waals surface area contributed by atoms with Crippen LogP contribution in [0.3, 0.4) is 0 Å². The summed E-state index contributed by atoms with van der Waals surface area (Å²) < 4.78 is 0. The molecule has 2 aliphatic rings. The fourth-order valence-corrected chi connectivity index (χ4v) is 5.94. The Kier molecular flexibility index (Phi) is 14.6. The molecule has 0 aromatic carbocycles. The summed E-state index contributed by atoms with van der Waals surface area (Å²) in [5.74, 6) is -0.658. The van der Waals surface area contributed by atoms with Crippen LogP contribution in [0.4, 0.5) is 0 Å². The van der Waals surface area contributed by atoms with Gasteiger partial charge >= 0.3 is 11.9 Å². The van der Waals surface area contributed by atoms with E-state index in [1.807, 2.05) is 21.6 Å². The molecule has 0 spiro atoms. The zero-order valence-electron chi connectivity index (χ0n) is 20.7. The number of amides is 4. The predicted octanol–water partition coefficient (Wildman–Crippen LogP) is 4.26. The first-order chi connectivity index (χ1) is 17.4. The van der Waals surface area contributed by atoms with Crippen LogP contribution in [-0.4, -0.2) is 57.2 Å². The van der Waals surface area contributed by atoms with Crippen LogP contribution in [0.25, 0.3) is 0 Å². The van der Waals surface area contributed by atoms with E-state index in [2.05, 4.69) is 0 Å². The maximum Gasteiger partial charge on any atom is 0.333 e. The number of nitrogens with zero attached hydrogens (tertiary/aromatic N) is 2. The van der Waals surface area contributed by atoms with Gasteiger partial charge in [0.25, 0.3) is 23.6 Å². The van der Waals surface area contributed by atoms with Crippen molar-refractivity contribution in [2.24, 2.45) is 0 Å². The Morgan fingerprint density at radius 3 is 1.19 bits per heavy atom. The van der Waals surface area contributed by atoms with Crippen molar-refractivity contribution in [1.82, 2.24) is 10.1 Å². The Morgan fingerprint density at radius 2 is 0.833 bits per heavy atom. The van der Waals surface area contributed by atoms with Crippen LogP contribution < -0.4 is 0 Å². The van der Waals surface area contributed by atoms with Gasteiger partial charge in [-0.05, 0) is 25.7 Å². The van der Waals surface area contributed by atoms with Crippen LogP contribution >= 0.6 is 21.6 Å². The summed E-state index contributed by atoms with van der Waals surface area (Å²) >= 11 is 0. The first kappa shape index (κ1) is 30.1. The average Bonchev–Trinajstić information content (AvgIpc) is 3.34. The Morgan fingerprint density at radius 1 is 0.528 bits per heavy atom. The van der Waals surface area contributed by atoms with Crippen molar-refractivity contribution >= 4 is 57.2 Å². The van der Waals surface area contributed by atoms with Gasteiger partial charge in [-0.15, -0.1) is 10.1 Å². The monoisotopic (exact) mass is 544 g/mol. The largest absolute Gasteiger partial charge is 0.333 e. The van der Waals surface area contributed by atoms with E-state index >= 15 is 0 Å². The number of hydroxylamine groups is 4. The highest BCUT2D eigenvalue weighted by atomic mass is 33.1. The molecule has 0 aromatic rings. The molecule has 4 amide bonds. The molecule has 0 aliphatic carbocycles. The normalized spacial score (nSPS) is 15.8. The molecule has 0 unspecified atom stereocenters. The highest BCUT2D eigenvalue weighted by molar-refractivity contribution is 8.76. The lowest BCUT2D eigenvalue weighted by atomic mass is 10.1. The first-order valence-corrected chi connectivity index (χ1v) is 15.2. The minimum absolute atomic E-state index is 0.109. The van der Waals surface area contributed by atoms with Gasteiger partial charge in [-0.3, -0.25) is 19.2 Å². The van der Waals surface area contributed by atoms with E-state index < -0.39 is 35.6 Å². The number of carbonyl (C=O) groups excluding carboxylic acids is 6. The highest BCUT2D eigenvalue weighted by Crippen LogP contribution is 2.25. The quantitative estimate of drug-likeness (QED) is 0.132. The fourth-order valence-electron chi connectivity index (χ4n) is 3.65. The van der Waals surface area contributed by atoms with Gasteiger partial charge in [0, 0.05) is 50.0 Å². The molecule has 0 bridgehead atoms. The van der Waals surface area contributed by atoms with Crippen molar-refractivity contribution in [3.8, 4) is 0 Å². The lowest BCUT2D eigenvalue weighted by Gasteiger charge is -2.12. The van der Waals surface area contributed by atoms with Crippen molar-refractivity contribution in [1.29, 1.82) is 0 Å². The smallest absolute Gasteiger partial charge is 0.330 e. The standard InChI is InChI=1S/C24H36N2O8S2/c27-19-13-14-20(28)25(19)33-23(31)11-7-3-1-5-9-17-35-36-18-10-6-2-4-8-12-24(32)34-26-21(29)15-16-22(26)30/h1-18H2. The maximum absolute atomic E-state index is 11.7. The van der Waals surface area contributed by atoms with Gasteiger partial charge in [0.1, 0.15) is 0 Å². The van der Waals surface area contributed by atoms with Gasteiger partial charge in [0.15, 0.2) is 0 Å².